The smallest absolute Gasteiger partial charge is 0.287 e. The lowest BCUT2D eigenvalue weighted by Gasteiger charge is -2.34. The first kappa shape index (κ1) is 32.3. The third-order valence-electron chi connectivity index (χ3n) is 9.26. The number of aromatic nitrogens is 3. The Kier molecular flexibility index (Phi) is 9.56. The van der Waals surface area contributed by atoms with Crippen LogP contribution >= 0.6 is 11.6 Å². The number of benzene rings is 3. The van der Waals surface area contributed by atoms with E-state index in [1.165, 1.54) is 29.2 Å². The van der Waals surface area contributed by atoms with E-state index in [0.29, 0.717) is 41.1 Å². The zero-order chi connectivity index (χ0) is 33.7. The number of carbonyl (C=O) groups is 2. The van der Waals surface area contributed by atoms with Crippen LogP contribution in [0.5, 0.6) is 0 Å². The highest BCUT2D eigenvalue weighted by molar-refractivity contribution is 6.30. The highest BCUT2D eigenvalue weighted by Crippen LogP contribution is 2.29. The van der Waals surface area contributed by atoms with Crippen LogP contribution in [0.4, 0.5) is 5.69 Å². The molecule has 2 fully saturated rings. The Morgan fingerprint density at radius 3 is 2.55 bits per heavy atom. The molecule has 4 heterocycles. The summed E-state index contributed by atoms with van der Waals surface area (Å²) < 4.78 is 7.49. The molecule has 7 rings (SSSR count). The van der Waals surface area contributed by atoms with E-state index in [2.05, 4.69) is 44.6 Å². The summed E-state index contributed by atoms with van der Waals surface area (Å²) in [5, 5.41) is 8.22. The average Bonchev–Trinajstić information content (AvgIpc) is 3.66. The molecule has 49 heavy (non-hydrogen) atoms. The summed E-state index contributed by atoms with van der Waals surface area (Å²) in [5.74, 6) is -0.281. The zero-order valence-electron chi connectivity index (χ0n) is 27.1. The van der Waals surface area contributed by atoms with E-state index < -0.39 is 5.91 Å². The first-order chi connectivity index (χ1) is 23.9. The number of piperidine rings is 2. The van der Waals surface area contributed by atoms with E-state index in [9.17, 15) is 14.4 Å². The summed E-state index contributed by atoms with van der Waals surface area (Å²) in [5.41, 5.74) is 5.27. The van der Waals surface area contributed by atoms with Gasteiger partial charge in [0.25, 0.3) is 5.91 Å². The molecule has 3 aromatic carbocycles. The molecule has 0 unspecified atom stereocenters. The molecule has 1 N–H and O–H groups in total. The highest BCUT2D eigenvalue weighted by Gasteiger charge is 2.23. The molecule has 2 saturated heterocycles. The number of anilines is 1. The van der Waals surface area contributed by atoms with Crippen molar-refractivity contribution in [3.8, 4) is 5.69 Å². The number of halogens is 1. The van der Waals surface area contributed by atoms with Crippen LogP contribution in [0, 0.1) is 0 Å². The van der Waals surface area contributed by atoms with Crippen LogP contribution < -0.4 is 15.6 Å². The van der Waals surface area contributed by atoms with Crippen molar-refractivity contribution in [1.82, 2.24) is 25.0 Å². The van der Waals surface area contributed by atoms with Gasteiger partial charge in [0.2, 0.25) is 5.91 Å². The van der Waals surface area contributed by atoms with E-state index >= 15 is 0 Å². The fraction of sp³-hybridized carbons (Fsp3) is 0.289. The summed E-state index contributed by atoms with van der Waals surface area (Å²) in [6, 6.07) is 21.9. The second-order valence-electron chi connectivity index (χ2n) is 12.6. The molecule has 2 amide bonds. The molecule has 2 aromatic heterocycles. The van der Waals surface area contributed by atoms with Gasteiger partial charge in [-0.2, -0.15) is 5.10 Å². The Labute approximate surface area is 289 Å². The molecule has 2 aliphatic rings. The van der Waals surface area contributed by atoms with Crippen LogP contribution in [0.15, 0.2) is 106 Å². The Morgan fingerprint density at radius 2 is 1.78 bits per heavy atom. The maximum absolute atomic E-state index is 13.6. The van der Waals surface area contributed by atoms with Crippen molar-refractivity contribution >= 4 is 40.1 Å². The van der Waals surface area contributed by atoms with Gasteiger partial charge in [-0.15, -0.1) is 0 Å². The Bertz CT molecular complexity index is 2050. The van der Waals surface area contributed by atoms with Crippen molar-refractivity contribution in [3.05, 3.63) is 129 Å². The van der Waals surface area contributed by atoms with Gasteiger partial charge in [-0.1, -0.05) is 53.6 Å². The fourth-order valence-corrected chi connectivity index (χ4v) is 6.81. The highest BCUT2D eigenvalue weighted by atomic mass is 35.5. The third-order valence-corrected chi connectivity index (χ3v) is 9.51. The molecule has 0 aliphatic carbocycles. The maximum atomic E-state index is 13.6. The molecule has 2 aliphatic heterocycles. The largest absolute Gasteiger partial charge is 0.451 e. The van der Waals surface area contributed by atoms with Gasteiger partial charge in [0.05, 0.1) is 17.1 Å². The van der Waals surface area contributed by atoms with Crippen LogP contribution in [-0.2, 0) is 17.8 Å². The molecule has 5 aromatic rings. The molecule has 0 radical (unpaired) electrons. The number of carbonyl (C=O) groups excluding carboxylic acids is 2. The van der Waals surface area contributed by atoms with Gasteiger partial charge in [-0.25, -0.2) is 9.67 Å². The average molecular weight is 677 g/mol. The molecular weight excluding hydrogens is 640 g/mol. The lowest BCUT2D eigenvalue weighted by molar-refractivity contribution is -0.133. The van der Waals surface area contributed by atoms with Crippen LogP contribution in [0.1, 0.15) is 53.8 Å². The Hall–Kier alpha value is -5.22. The molecule has 0 saturated carbocycles. The number of rotatable bonds is 9. The number of nitrogens with zero attached hydrogens (tertiary/aromatic N) is 5. The van der Waals surface area contributed by atoms with Gasteiger partial charge in [-0.3, -0.25) is 14.4 Å². The number of nitrogens with one attached hydrogen (secondary N) is 1. The predicted molar refractivity (Wildman–Crippen MR) is 189 cm³/mol. The lowest BCUT2D eigenvalue weighted by Crippen LogP contribution is -2.37. The second kappa shape index (κ2) is 14.5. The van der Waals surface area contributed by atoms with E-state index in [0.717, 1.165) is 50.9 Å². The normalized spacial score (nSPS) is 15.8. The van der Waals surface area contributed by atoms with Crippen molar-refractivity contribution in [2.24, 2.45) is 0 Å². The third kappa shape index (κ3) is 7.60. The van der Waals surface area contributed by atoms with Crippen molar-refractivity contribution in [2.45, 2.75) is 51.1 Å². The van der Waals surface area contributed by atoms with Gasteiger partial charge in [0.1, 0.15) is 18.2 Å². The van der Waals surface area contributed by atoms with E-state index in [1.807, 2.05) is 35.2 Å². The summed E-state index contributed by atoms with van der Waals surface area (Å²) in [6.07, 6.45) is 9.98. The summed E-state index contributed by atoms with van der Waals surface area (Å²) in [4.78, 5) is 47.6. The minimum absolute atomic E-state index is 0.0517. The van der Waals surface area contributed by atoms with Gasteiger partial charge >= 0.3 is 0 Å². The number of para-hydroxylation sites is 1. The van der Waals surface area contributed by atoms with Crippen molar-refractivity contribution in [3.63, 3.8) is 0 Å². The minimum atomic E-state index is -0.464. The van der Waals surface area contributed by atoms with Crippen LogP contribution in [0.25, 0.3) is 16.7 Å². The van der Waals surface area contributed by atoms with E-state index in [-0.39, 0.29) is 23.1 Å². The first-order valence-electron chi connectivity index (χ1n) is 16.7. The molecule has 0 bridgehead atoms. The number of hydrogen-bond acceptors (Lipinski definition) is 7. The predicted octanol–water partition coefficient (Wildman–Crippen LogP) is 6.11. The first-order valence-corrected chi connectivity index (χ1v) is 17.1. The monoisotopic (exact) mass is 676 g/mol. The quantitative estimate of drug-likeness (QED) is 0.188. The van der Waals surface area contributed by atoms with Gasteiger partial charge in [-0.05, 0) is 79.6 Å². The lowest BCUT2D eigenvalue weighted by atomic mass is 9.97. The van der Waals surface area contributed by atoms with E-state index in [4.69, 9.17) is 16.0 Å². The van der Waals surface area contributed by atoms with Gasteiger partial charge in [0.15, 0.2) is 11.2 Å². The Balaban J connectivity index is 1.08. The Morgan fingerprint density at radius 1 is 0.959 bits per heavy atom. The molecular formula is C38H37ClN6O4. The number of fused-ring (bicyclic) bond motifs is 1. The second-order valence-corrected chi connectivity index (χ2v) is 13.1. The standard InChI is InChI=1S/C38H37ClN6O4/c39-29-10-8-26(9-11-29)19-30(42-38(48)36-22-34(46)32-21-31(12-13-35(32)49-36)45-25-40-24-41-45)20-27-14-17-43(18-15-27)33-6-2-1-5-28(33)23-44-16-4-3-7-37(44)47/h1-2,5-6,8-13,20-22,24-25,30H,3-4,7,14-19,23H2,(H,42,48)/t30-/m0/s1. The van der Waals surface area contributed by atoms with Crippen LogP contribution in [0.3, 0.4) is 0 Å². The summed E-state index contributed by atoms with van der Waals surface area (Å²) >= 11 is 6.15. The van der Waals surface area contributed by atoms with Gasteiger partial charge in [0, 0.05) is 49.4 Å². The van der Waals surface area contributed by atoms with Crippen LogP contribution in [-0.4, -0.2) is 57.2 Å². The molecule has 1 atom stereocenters. The van der Waals surface area contributed by atoms with Gasteiger partial charge < -0.3 is 19.5 Å². The maximum Gasteiger partial charge on any atom is 0.287 e. The number of likely N-dealkylation sites (tertiary alicyclic amines) is 1. The molecule has 250 valence electrons. The zero-order valence-corrected chi connectivity index (χ0v) is 27.8. The van der Waals surface area contributed by atoms with Crippen molar-refractivity contribution in [1.29, 1.82) is 0 Å². The molecule has 0 spiro atoms. The molecule has 11 heteroatoms. The molecule has 10 nitrogen and oxygen atoms in total. The summed E-state index contributed by atoms with van der Waals surface area (Å²) in [6.45, 7) is 3.11. The number of hydrogen-bond donors (Lipinski definition) is 1. The topological polar surface area (TPSA) is 114 Å². The van der Waals surface area contributed by atoms with E-state index in [1.54, 1.807) is 29.2 Å². The van der Waals surface area contributed by atoms with Crippen molar-refractivity contribution < 1.29 is 14.0 Å². The fourth-order valence-electron chi connectivity index (χ4n) is 6.68. The number of amides is 2. The summed E-state index contributed by atoms with van der Waals surface area (Å²) in [7, 11) is 0. The van der Waals surface area contributed by atoms with Crippen LogP contribution in [0.2, 0.25) is 5.02 Å². The minimum Gasteiger partial charge on any atom is -0.451 e. The van der Waals surface area contributed by atoms with Crippen molar-refractivity contribution in [2.75, 3.05) is 24.5 Å². The SMILES string of the molecule is O=C(N[C@H](C=C1CCN(c2ccccc2CN2CCCCC2=O)CC1)Cc1ccc(Cl)cc1)c1cc(=O)c2cc(-n3cncn3)ccc2o1.